The first-order valence-corrected chi connectivity index (χ1v) is 11.3. The van der Waals surface area contributed by atoms with E-state index in [1.54, 1.807) is 0 Å². The molecule has 4 fully saturated rings. The molecule has 0 spiro atoms. The summed E-state index contributed by atoms with van der Waals surface area (Å²) < 4.78 is 34.0. The lowest BCUT2D eigenvalue weighted by atomic mass is 9.89. The zero-order valence-electron chi connectivity index (χ0n) is 12.2. The summed E-state index contributed by atoms with van der Waals surface area (Å²) in [6.07, 6.45) is 6.47. The Hall–Kier alpha value is 0.700. The van der Waals surface area contributed by atoms with Crippen LogP contribution in [0.1, 0.15) is 45.4 Å². The topological polar surface area (TPSA) is 46.6 Å². The first kappa shape index (κ1) is 15.2. The van der Waals surface area contributed by atoms with Crippen LogP contribution < -0.4 is 0 Å². The van der Waals surface area contributed by atoms with Crippen LogP contribution in [0.15, 0.2) is 0 Å². The Bertz CT molecular complexity index is 520. The third-order valence-electron chi connectivity index (χ3n) is 5.45. The van der Waals surface area contributed by atoms with Gasteiger partial charge in [-0.2, -0.15) is 4.31 Å². The molecule has 7 heteroatoms. The Morgan fingerprint density at radius 2 is 2.00 bits per heavy atom. The summed E-state index contributed by atoms with van der Waals surface area (Å²) in [4.78, 5) is 0. The number of sulfonamides is 1. The maximum atomic E-state index is 13.0. The number of ether oxygens (including phenoxy) is 1. The van der Waals surface area contributed by atoms with Gasteiger partial charge in [-0.05, 0) is 26.2 Å². The first-order chi connectivity index (χ1) is 10.00. The zero-order valence-corrected chi connectivity index (χ0v) is 15.4. The first-order valence-electron chi connectivity index (χ1n) is 7.97. The number of hydrogen-bond acceptors (Lipinski definition) is 4. The van der Waals surface area contributed by atoms with Gasteiger partial charge in [0.25, 0.3) is 0 Å². The summed E-state index contributed by atoms with van der Waals surface area (Å²) in [7, 11) is -3.12. The summed E-state index contributed by atoms with van der Waals surface area (Å²) in [5.41, 5.74) is 0. The monoisotopic (exact) mass is 395 g/mol. The van der Waals surface area contributed by atoms with Crippen molar-refractivity contribution in [2.45, 2.75) is 84.4 Å². The van der Waals surface area contributed by atoms with Gasteiger partial charge in [-0.25, -0.2) is 8.42 Å². The van der Waals surface area contributed by atoms with Crippen LogP contribution in [0.25, 0.3) is 0 Å². The van der Waals surface area contributed by atoms with Crippen molar-refractivity contribution in [2.24, 2.45) is 0 Å². The molecule has 0 radical (unpaired) electrons. The summed E-state index contributed by atoms with van der Waals surface area (Å²) in [5, 5.41) is 0.425. The van der Waals surface area contributed by atoms with E-state index in [1.165, 1.54) is 6.42 Å². The minimum Gasteiger partial charge on any atom is -0.361 e. The van der Waals surface area contributed by atoms with Gasteiger partial charge in [0.2, 0.25) is 10.0 Å². The third kappa shape index (κ3) is 2.25. The summed E-state index contributed by atoms with van der Waals surface area (Å²) in [6.45, 7) is 1.97. The smallest absolute Gasteiger partial charge is 0.218 e. The van der Waals surface area contributed by atoms with Gasteiger partial charge in [0.05, 0.1) is 17.4 Å². The lowest BCUT2D eigenvalue weighted by Gasteiger charge is -2.36. The molecular formula is C14H22BrNO3S2. The SMILES string of the molecule is CC(Br)OC1C2CC3C(S2)C1N(C1CCCCC1)S3(=O)=O. The molecule has 1 saturated carbocycles. The molecule has 0 amide bonds. The molecule has 3 aliphatic heterocycles. The van der Waals surface area contributed by atoms with Crippen LogP contribution in [0.5, 0.6) is 0 Å². The Morgan fingerprint density at radius 3 is 2.67 bits per heavy atom. The van der Waals surface area contributed by atoms with Gasteiger partial charge in [0, 0.05) is 16.5 Å². The van der Waals surface area contributed by atoms with Gasteiger partial charge in [-0.1, -0.05) is 35.2 Å². The Balaban J connectivity index is 1.68. The minimum atomic E-state index is -3.12. The molecule has 4 nitrogen and oxygen atoms in total. The fraction of sp³-hybridized carbons (Fsp3) is 1.00. The average molecular weight is 396 g/mol. The van der Waals surface area contributed by atoms with Crippen LogP contribution in [0, 0.1) is 0 Å². The molecule has 120 valence electrons. The van der Waals surface area contributed by atoms with Gasteiger partial charge < -0.3 is 4.74 Å². The van der Waals surface area contributed by atoms with Crippen LogP contribution in [-0.2, 0) is 14.8 Å². The molecule has 2 bridgehead atoms. The van der Waals surface area contributed by atoms with Crippen LogP contribution in [0.4, 0.5) is 0 Å². The highest BCUT2D eigenvalue weighted by atomic mass is 79.9. The van der Waals surface area contributed by atoms with E-state index in [2.05, 4.69) is 15.9 Å². The van der Waals surface area contributed by atoms with E-state index in [9.17, 15) is 8.42 Å². The second-order valence-electron chi connectivity index (χ2n) is 6.71. The van der Waals surface area contributed by atoms with Gasteiger partial charge in [-0.3, -0.25) is 0 Å². The van der Waals surface area contributed by atoms with E-state index in [4.69, 9.17) is 4.74 Å². The van der Waals surface area contributed by atoms with Crippen molar-refractivity contribution in [3.8, 4) is 0 Å². The molecule has 6 unspecified atom stereocenters. The Morgan fingerprint density at radius 1 is 1.29 bits per heavy atom. The van der Waals surface area contributed by atoms with Gasteiger partial charge in [0.1, 0.15) is 5.01 Å². The highest BCUT2D eigenvalue weighted by molar-refractivity contribution is 9.09. The standard InChI is InChI=1S/C14H22BrNO3S2/c1-8(15)19-13-10-7-11-14(20-10)12(13)16(21(11,17)18)9-5-3-2-4-6-9/h8-14H,2-7H2,1H3. The van der Waals surface area contributed by atoms with E-state index < -0.39 is 10.0 Å². The average Bonchev–Trinajstić information content (AvgIpc) is 3.03. The molecule has 21 heavy (non-hydrogen) atoms. The van der Waals surface area contributed by atoms with Crippen molar-refractivity contribution >= 4 is 37.7 Å². The fourth-order valence-corrected chi connectivity index (χ4v) is 10.1. The number of hydrogen-bond donors (Lipinski definition) is 0. The summed E-state index contributed by atoms with van der Waals surface area (Å²) in [5.74, 6) is 0. The number of rotatable bonds is 3. The van der Waals surface area contributed by atoms with Crippen molar-refractivity contribution in [3.63, 3.8) is 0 Å². The highest BCUT2D eigenvalue weighted by Gasteiger charge is 2.68. The second kappa shape index (κ2) is 5.36. The number of thioether (sulfide) groups is 1. The Labute approximate surface area is 139 Å². The van der Waals surface area contributed by atoms with Gasteiger partial charge >= 0.3 is 0 Å². The molecule has 3 heterocycles. The lowest BCUT2D eigenvalue weighted by Crippen LogP contribution is -2.50. The molecule has 1 aliphatic carbocycles. The van der Waals surface area contributed by atoms with Crippen molar-refractivity contribution in [1.29, 1.82) is 0 Å². The number of nitrogens with zero attached hydrogens (tertiary/aromatic N) is 1. The van der Waals surface area contributed by atoms with Crippen molar-refractivity contribution < 1.29 is 13.2 Å². The van der Waals surface area contributed by atoms with Gasteiger partial charge in [-0.15, -0.1) is 11.8 Å². The van der Waals surface area contributed by atoms with E-state index in [1.807, 2.05) is 23.0 Å². The maximum absolute atomic E-state index is 13.0. The highest BCUT2D eigenvalue weighted by Crippen LogP contribution is 2.58. The van der Waals surface area contributed by atoms with E-state index in [0.717, 1.165) is 32.1 Å². The predicted molar refractivity (Wildman–Crippen MR) is 88.3 cm³/mol. The fourth-order valence-electron chi connectivity index (χ4n) is 4.71. The predicted octanol–water partition coefficient (Wildman–Crippen LogP) is 2.72. The summed E-state index contributed by atoms with van der Waals surface area (Å²) >= 11 is 5.33. The normalized spacial score (nSPS) is 47.0. The quantitative estimate of drug-likeness (QED) is 0.689. The van der Waals surface area contributed by atoms with E-state index in [-0.39, 0.29) is 33.7 Å². The number of fused-ring (bicyclic) bond motifs is 1. The van der Waals surface area contributed by atoms with Crippen LogP contribution in [0.2, 0.25) is 0 Å². The van der Waals surface area contributed by atoms with Crippen molar-refractivity contribution in [3.05, 3.63) is 0 Å². The second-order valence-corrected chi connectivity index (χ2v) is 11.5. The molecular weight excluding hydrogens is 374 g/mol. The zero-order chi connectivity index (χ0) is 14.8. The molecule has 3 saturated heterocycles. The van der Waals surface area contributed by atoms with E-state index >= 15 is 0 Å². The number of halogens is 1. The van der Waals surface area contributed by atoms with E-state index in [0.29, 0.717) is 5.25 Å². The molecule has 0 aromatic rings. The molecule has 4 rings (SSSR count). The lowest BCUT2D eigenvalue weighted by molar-refractivity contribution is -0.00467. The maximum Gasteiger partial charge on any atom is 0.218 e. The van der Waals surface area contributed by atoms with Crippen LogP contribution >= 0.6 is 27.7 Å². The van der Waals surface area contributed by atoms with Crippen LogP contribution in [-0.4, -0.2) is 51.7 Å². The molecule has 6 atom stereocenters. The van der Waals surface area contributed by atoms with Crippen molar-refractivity contribution in [2.75, 3.05) is 0 Å². The van der Waals surface area contributed by atoms with Gasteiger partial charge in [0.15, 0.2) is 0 Å². The van der Waals surface area contributed by atoms with Crippen LogP contribution in [0.3, 0.4) is 0 Å². The molecule has 0 aromatic carbocycles. The third-order valence-corrected chi connectivity index (χ3v) is 9.95. The molecule has 4 aliphatic rings. The minimum absolute atomic E-state index is 0.0163. The largest absolute Gasteiger partial charge is 0.361 e. The molecule has 0 N–H and O–H groups in total. The number of alkyl halides is 1. The Kier molecular flexibility index (Phi) is 3.89. The molecule has 0 aromatic heterocycles. The van der Waals surface area contributed by atoms with Crippen molar-refractivity contribution in [1.82, 2.24) is 4.31 Å². The summed E-state index contributed by atoms with van der Waals surface area (Å²) in [6, 6.07) is 0.294.